The van der Waals surface area contributed by atoms with Crippen LogP contribution in [0.1, 0.15) is 0 Å². The lowest BCUT2D eigenvalue weighted by molar-refractivity contribution is 1.48. The van der Waals surface area contributed by atoms with E-state index in [9.17, 15) is 0 Å². The molecule has 0 aliphatic carbocycles. The zero-order valence-electron chi connectivity index (χ0n) is 5.84. The Morgan fingerprint density at radius 1 is 1.33 bits per heavy atom. The molecule has 0 saturated carbocycles. The van der Waals surface area contributed by atoms with Gasteiger partial charge >= 0.3 is 0 Å². The van der Waals surface area contributed by atoms with E-state index in [2.05, 4.69) is 36.8 Å². The molecule has 0 atom stereocenters. The fourth-order valence-electron chi connectivity index (χ4n) is 0.974. The summed E-state index contributed by atoms with van der Waals surface area (Å²) in [5, 5.41) is 0.601. The number of rotatable bonds is 0. The SMILES string of the molecule is Nc1nc2c(Br)cc(Br)cc2s1. The van der Waals surface area contributed by atoms with Gasteiger partial charge in [-0.15, -0.1) is 0 Å². The molecule has 0 aliphatic rings. The number of benzene rings is 1. The normalized spacial score (nSPS) is 10.8. The predicted molar refractivity (Wildman–Crippen MR) is 59.4 cm³/mol. The fourth-order valence-corrected chi connectivity index (χ4v) is 3.37. The van der Waals surface area contributed by atoms with Crippen molar-refractivity contribution in [2.45, 2.75) is 0 Å². The van der Waals surface area contributed by atoms with Crippen molar-refractivity contribution in [1.82, 2.24) is 4.98 Å². The summed E-state index contributed by atoms with van der Waals surface area (Å²) in [5.41, 5.74) is 6.51. The fraction of sp³-hybridized carbons (Fsp3) is 0. The first-order valence-electron chi connectivity index (χ1n) is 3.18. The first-order chi connectivity index (χ1) is 5.66. The van der Waals surface area contributed by atoms with Gasteiger partial charge in [-0.1, -0.05) is 27.3 Å². The van der Waals surface area contributed by atoms with Crippen molar-refractivity contribution in [3.63, 3.8) is 0 Å². The number of thiazole rings is 1. The summed E-state index contributed by atoms with van der Waals surface area (Å²) in [7, 11) is 0. The maximum Gasteiger partial charge on any atom is 0.181 e. The van der Waals surface area contributed by atoms with E-state index >= 15 is 0 Å². The van der Waals surface area contributed by atoms with Crippen molar-refractivity contribution >= 4 is 58.5 Å². The zero-order valence-corrected chi connectivity index (χ0v) is 9.83. The highest BCUT2D eigenvalue weighted by Gasteiger charge is 2.05. The quantitative estimate of drug-likeness (QED) is 0.810. The standard InChI is InChI=1S/C7H4Br2N2S/c8-3-1-4(9)6-5(2-3)12-7(10)11-6/h1-2H,(H2,10,11). The Labute approximate surface area is 90.0 Å². The number of fused-ring (bicyclic) bond motifs is 1. The average molecular weight is 308 g/mol. The van der Waals surface area contributed by atoms with Crippen molar-refractivity contribution in [1.29, 1.82) is 0 Å². The second-order valence-electron chi connectivity index (χ2n) is 2.29. The zero-order chi connectivity index (χ0) is 8.72. The van der Waals surface area contributed by atoms with E-state index in [1.165, 1.54) is 11.3 Å². The lowest BCUT2D eigenvalue weighted by Gasteiger charge is -1.92. The molecule has 2 aromatic rings. The summed E-state index contributed by atoms with van der Waals surface area (Å²) in [6, 6.07) is 3.97. The van der Waals surface area contributed by atoms with Crippen LogP contribution in [0.15, 0.2) is 21.1 Å². The minimum atomic E-state index is 0.601. The largest absolute Gasteiger partial charge is 0.375 e. The van der Waals surface area contributed by atoms with Crippen LogP contribution >= 0.6 is 43.2 Å². The second-order valence-corrected chi connectivity index (χ2v) is 5.12. The predicted octanol–water partition coefficient (Wildman–Crippen LogP) is 3.40. The average Bonchev–Trinajstić information content (AvgIpc) is 2.29. The smallest absolute Gasteiger partial charge is 0.181 e. The maximum atomic E-state index is 5.58. The van der Waals surface area contributed by atoms with Crippen LogP contribution in [0.25, 0.3) is 10.2 Å². The molecule has 0 aliphatic heterocycles. The summed E-state index contributed by atoms with van der Waals surface area (Å²) in [5.74, 6) is 0. The van der Waals surface area contributed by atoms with E-state index in [1.54, 1.807) is 0 Å². The topological polar surface area (TPSA) is 38.9 Å². The minimum Gasteiger partial charge on any atom is -0.375 e. The third-order valence-corrected chi connectivity index (χ3v) is 3.32. The number of nitrogen functional groups attached to an aromatic ring is 1. The van der Waals surface area contributed by atoms with Gasteiger partial charge in [-0.3, -0.25) is 0 Å². The lowest BCUT2D eigenvalue weighted by Crippen LogP contribution is -1.79. The van der Waals surface area contributed by atoms with Crippen molar-refractivity contribution in [3.8, 4) is 0 Å². The molecule has 0 fully saturated rings. The van der Waals surface area contributed by atoms with E-state index < -0.39 is 0 Å². The Kier molecular flexibility index (Phi) is 2.10. The Morgan fingerprint density at radius 2 is 2.08 bits per heavy atom. The molecule has 5 heteroatoms. The first-order valence-corrected chi connectivity index (χ1v) is 5.58. The number of anilines is 1. The molecule has 12 heavy (non-hydrogen) atoms. The van der Waals surface area contributed by atoms with E-state index in [0.717, 1.165) is 19.2 Å². The summed E-state index contributed by atoms with van der Waals surface area (Å²) in [4.78, 5) is 4.18. The summed E-state index contributed by atoms with van der Waals surface area (Å²) in [6.45, 7) is 0. The van der Waals surface area contributed by atoms with Gasteiger partial charge < -0.3 is 5.73 Å². The molecule has 2 N–H and O–H groups in total. The van der Waals surface area contributed by atoms with Gasteiger partial charge in [-0.2, -0.15) is 0 Å². The van der Waals surface area contributed by atoms with E-state index in [4.69, 9.17) is 5.73 Å². The number of hydrogen-bond acceptors (Lipinski definition) is 3. The third-order valence-electron chi connectivity index (χ3n) is 1.43. The molecule has 0 unspecified atom stereocenters. The highest BCUT2D eigenvalue weighted by molar-refractivity contribution is 9.11. The molecular weight excluding hydrogens is 304 g/mol. The molecule has 62 valence electrons. The molecule has 2 nitrogen and oxygen atoms in total. The first kappa shape index (κ1) is 8.47. The number of hydrogen-bond donors (Lipinski definition) is 1. The monoisotopic (exact) mass is 306 g/mol. The van der Waals surface area contributed by atoms with E-state index in [-0.39, 0.29) is 0 Å². The van der Waals surface area contributed by atoms with Crippen molar-refractivity contribution in [2.24, 2.45) is 0 Å². The molecule has 0 amide bonds. The van der Waals surface area contributed by atoms with Crippen molar-refractivity contribution < 1.29 is 0 Å². The molecule has 0 spiro atoms. The molecule has 1 heterocycles. The van der Waals surface area contributed by atoms with Gasteiger partial charge in [0.2, 0.25) is 0 Å². The van der Waals surface area contributed by atoms with E-state index in [0.29, 0.717) is 5.13 Å². The number of nitrogens with two attached hydrogens (primary N) is 1. The van der Waals surface area contributed by atoms with Gasteiger partial charge in [0.05, 0.1) is 10.2 Å². The van der Waals surface area contributed by atoms with Crippen LogP contribution in [0.2, 0.25) is 0 Å². The molecule has 0 saturated heterocycles. The minimum absolute atomic E-state index is 0.601. The van der Waals surface area contributed by atoms with Crippen molar-refractivity contribution in [2.75, 3.05) is 5.73 Å². The van der Waals surface area contributed by atoms with Gasteiger partial charge in [-0.25, -0.2) is 4.98 Å². The lowest BCUT2D eigenvalue weighted by atomic mass is 10.3. The van der Waals surface area contributed by atoms with Gasteiger partial charge in [0.15, 0.2) is 5.13 Å². The van der Waals surface area contributed by atoms with E-state index in [1.807, 2.05) is 12.1 Å². The number of halogens is 2. The molecule has 1 aromatic heterocycles. The van der Waals surface area contributed by atoms with Gasteiger partial charge in [0.25, 0.3) is 0 Å². The Balaban J connectivity index is 2.88. The van der Waals surface area contributed by atoms with Gasteiger partial charge in [0, 0.05) is 8.95 Å². The molecule has 1 aromatic carbocycles. The van der Waals surface area contributed by atoms with Gasteiger partial charge in [0.1, 0.15) is 0 Å². The van der Waals surface area contributed by atoms with Crippen LogP contribution in [0.3, 0.4) is 0 Å². The van der Waals surface area contributed by atoms with Crippen LogP contribution in [0, 0.1) is 0 Å². The van der Waals surface area contributed by atoms with Crippen LogP contribution in [0.5, 0.6) is 0 Å². The Morgan fingerprint density at radius 3 is 2.83 bits per heavy atom. The van der Waals surface area contributed by atoms with Crippen LogP contribution in [0.4, 0.5) is 5.13 Å². The maximum absolute atomic E-state index is 5.58. The molecule has 0 radical (unpaired) electrons. The van der Waals surface area contributed by atoms with Crippen LogP contribution in [-0.4, -0.2) is 4.98 Å². The molecule has 0 bridgehead atoms. The third kappa shape index (κ3) is 1.36. The van der Waals surface area contributed by atoms with Crippen molar-refractivity contribution in [3.05, 3.63) is 21.1 Å². The Hall–Kier alpha value is -0.130. The summed E-state index contributed by atoms with van der Waals surface area (Å²) >= 11 is 8.31. The summed E-state index contributed by atoms with van der Waals surface area (Å²) < 4.78 is 3.10. The number of aromatic nitrogens is 1. The van der Waals surface area contributed by atoms with Crippen LogP contribution in [-0.2, 0) is 0 Å². The molecular formula is C7H4Br2N2S. The molecule has 2 rings (SSSR count). The van der Waals surface area contributed by atoms with Crippen LogP contribution < -0.4 is 5.73 Å². The number of nitrogens with zero attached hydrogens (tertiary/aromatic N) is 1. The second kappa shape index (κ2) is 2.97. The Bertz CT molecular complexity index is 438. The summed E-state index contributed by atoms with van der Waals surface area (Å²) in [6.07, 6.45) is 0. The highest BCUT2D eigenvalue weighted by atomic mass is 79.9. The van der Waals surface area contributed by atoms with Gasteiger partial charge in [-0.05, 0) is 28.1 Å². The highest BCUT2D eigenvalue weighted by Crippen LogP contribution is 2.32.